The van der Waals surface area contributed by atoms with Gasteiger partial charge in [-0.1, -0.05) is 0 Å². The molecule has 0 atom stereocenters. The fourth-order valence-corrected chi connectivity index (χ4v) is 1.18. The van der Waals surface area contributed by atoms with Crippen molar-refractivity contribution in [3.8, 4) is 5.75 Å². The SMILES string of the molecule is CN(CCC(F)(F)F)Cc1ccc(O)cn1. The van der Waals surface area contributed by atoms with Gasteiger partial charge >= 0.3 is 6.18 Å². The molecule has 6 heteroatoms. The second-order valence-electron chi connectivity index (χ2n) is 3.61. The van der Waals surface area contributed by atoms with Gasteiger partial charge in [-0.05, 0) is 19.2 Å². The van der Waals surface area contributed by atoms with E-state index in [1.807, 2.05) is 0 Å². The van der Waals surface area contributed by atoms with Gasteiger partial charge in [-0.2, -0.15) is 13.2 Å². The normalized spacial score (nSPS) is 12.1. The number of rotatable bonds is 4. The monoisotopic (exact) mass is 234 g/mol. The van der Waals surface area contributed by atoms with E-state index in [2.05, 4.69) is 4.98 Å². The number of hydrogen-bond acceptors (Lipinski definition) is 3. The Morgan fingerprint density at radius 2 is 2.06 bits per heavy atom. The lowest BCUT2D eigenvalue weighted by atomic mass is 10.3. The van der Waals surface area contributed by atoms with Crippen LogP contribution in [0, 0.1) is 0 Å². The minimum Gasteiger partial charge on any atom is -0.506 e. The molecule has 0 amide bonds. The standard InChI is InChI=1S/C10H13F3N2O/c1-15(5-4-10(11,12)13)7-8-2-3-9(16)6-14-8/h2-3,6,16H,4-5,7H2,1H3. The first-order valence-corrected chi connectivity index (χ1v) is 4.76. The summed E-state index contributed by atoms with van der Waals surface area (Å²) in [7, 11) is 1.60. The molecule has 0 unspecified atom stereocenters. The van der Waals surface area contributed by atoms with Gasteiger partial charge < -0.3 is 10.0 Å². The molecule has 3 nitrogen and oxygen atoms in total. The summed E-state index contributed by atoms with van der Waals surface area (Å²) >= 11 is 0. The fourth-order valence-electron chi connectivity index (χ4n) is 1.18. The first-order valence-electron chi connectivity index (χ1n) is 4.76. The van der Waals surface area contributed by atoms with Crippen LogP contribution in [0.5, 0.6) is 5.75 Å². The van der Waals surface area contributed by atoms with Crippen LogP contribution in [-0.2, 0) is 6.54 Å². The molecular weight excluding hydrogens is 221 g/mol. The number of hydrogen-bond donors (Lipinski definition) is 1. The van der Waals surface area contributed by atoms with Crippen LogP contribution in [0.4, 0.5) is 13.2 Å². The number of aromatic hydroxyl groups is 1. The highest BCUT2D eigenvalue weighted by Gasteiger charge is 2.27. The minimum atomic E-state index is -4.13. The average Bonchev–Trinajstić information content (AvgIpc) is 2.18. The maximum atomic E-state index is 11.9. The summed E-state index contributed by atoms with van der Waals surface area (Å²) in [6, 6.07) is 3.04. The van der Waals surface area contributed by atoms with Crippen molar-refractivity contribution in [3.63, 3.8) is 0 Å². The third kappa shape index (κ3) is 4.97. The van der Waals surface area contributed by atoms with Crippen LogP contribution in [0.3, 0.4) is 0 Å². The molecule has 0 saturated heterocycles. The molecule has 1 rings (SSSR count). The van der Waals surface area contributed by atoms with Gasteiger partial charge in [0, 0.05) is 13.1 Å². The van der Waals surface area contributed by atoms with Crippen molar-refractivity contribution in [1.82, 2.24) is 9.88 Å². The first kappa shape index (κ1) is 12.8. The van der Waals surface area contributed by atoms with Crippen LogP contribution < -0.4 is 0 Å². The van der Waals surface area contributed by atoms with Crippen LogP contribution in [0.15, 0.2) is 18.3 Å². The molecule has 1 aromatic heterocycles. The molecule has 0 aliphatic carbocycles. The molecule has 1 heterocycles. The first-order chi connectivity index (χ1) is 7.37. The minimum absolute atomic E-state index is 0.0432. The van der Waals surface area contributed by atoms with Crippen LogP contribution in [0.1, 0.15) is 12.1 Å². The van der Waals surface area contributed by atoms with Gasteiger partial charge in [0.15, 0.2) is 0 Å². The average molecular weight is 234 g/mol. The van der Waals surface area contributed by atoms with E-state index in [1.165, 1.54) is 17.2 Å². The van der Waals surface area contributed by atoms with Gasteiger partial charge in [-0.3, -0.25) is 4.98 Å². The number of pyridine rings is 1. The van der Waals surface area contributed by atoms with E-state index >= 15 is 0 Å². The maximum Gasteiger partial charge on any atom is 0.390 e. The summed E-state index contributed by atoms with van der Waals surface area (Å²) in [5.41, 5.74) is 0.627. The highest BCUT2D eigenvalue weighted by molar-refractivity contribution is 5.17. The summed E-state index contributed by atoms with van der Waals surface area (Å²) in [4.78, 5) is 5.42. The van der Waals surface area contributed by atoms with Gasteiger partial charge in [0.05, 0.1) is 18.3 Å². The van der Waals surface area contributed by atoms with E-state index < -0.39 is 12.6 Å². The molecule has 1 N–H and O–H groups in total. The molecule has 90 valence electrons. The zero-order valence-electron chi connectivity index (χ0n) is 8.83. The lowest BCUT2D eigenvalue weighted by Crippen LogP contribution is -2.24. The van der Waals surface area contributed by atoms with Crippen LogP contribution >= 0.6 is 0 Å². The zero-order chi connectivity index (χ0) is 12.2. The van der Waals surface area contributed by atoms with Crippen LogP contribution in [0.25, 0.3) is 0 Å². The van der Waals surface area contributed by atoms with Crippen molar-refractivity contribution in [2.45, 2.75) is 19.1 Å². The molecule has 0 bridgehead atoms. The number of alkyl halides is 3. The topological polar surface area (TPSA) is 36.4 Å². The van der Waals surface area contributed by atoms with Gasteiger partial charge in [0.25, 0.3) is 0 Å². The largest absolute Gasteiger partial charge is 0.506 e. The zero-order valence-corrected chi connectivity index (χ0v) is 8.83. The molecule has 0 saturated carbocycles. The smallest absolute Gasteiger partial charge is 0.390 e. The van der Waals surface area contributed by atoms with Crippen molar-refractivity contribution >= 4 is 0 Å². The Labute approximate surface area is 91.5 Å². The lowest BCUT2D eigenvalue weighted by molar-refractivity contribution is -0.137. The molecule has 16 heavy (non-hydrogen) atoms. The van der Waals surface area contributed by atoms with E-state index in [-0.39, 0.29) is 12.3 Å². The molecule has 0 spiro atoms. The van der Waals surface area contributed by atoms with Crippen molar-refractivity contribution in [2.24, 2.45) is 0 Å². The van der Waals surface area contributed by atoms with Crippen LogP contribution in [0.2, 0.25) is 0 Å². The van der Waals surface area contributed by atoms with Crippen molar-refractivity contribution in [2.75, 3.05) is 13.6 Å². The molecular formula is C10H13F3N2O. The molecule has 1 aromatic rings. The fraction of sp³-hybridized carbons (Fsp3) is 0.500. The molecule has 0 radical (unpaired) electrons. The number of halogens is 3. The van der Waals surface area contributed by atoms with Crippen molar-refractivity contribution < 1.29 is 18.3 Å². The van der Waals surface area contributed by atoms with Gasteiger partial charge in [0.2, 0.25) is 0 Å². The summed E-state index contributed by atoms with van der Waals surface area (Å²) in [6.45, 7) is 0.266. The lowest BCUT2D eigenvalue weighted by Gasteiger charge is -2.17. The van der Waals surface area contributed by atoms with E-state index in [9.17, 15) is 13.2 Å². The van der Waals surface area contributed by atoms with Gasteiger partial charge in [-0.15, -0.1) is 0 Å². The molecule has 0 aliphatic heterocycles. The summed E-state index contributed by atoms with van der Waals surface area (Å²) in [6.07, 6.45) is -3.69. The Kier molecular flexibility index (Phi) is 4.12. The molecule has 0 fully saturated rings. The summed E-state index contributed by atoms with van der Waals surface area (Å²) < 4.78 is 35.8. The van der Waals surface area contributed by atoms with Crippen LogP contribution in [-0.4, -0.2) is 34.8 Å². The Bertz CT molecular complexity index is 324. The Hall–Kier alpha value is -1.30. The predicted octanol–water partition coefficient (Wildman–Crippen LogP) is 2.17. The predicted molar refractivity (Wildman–Crippen MR) is 52.9 cm³/mol. The van der Waals surface area contributed by atoms with E-state index in [1.54, 1.807) is 13.1 Å². The highest BCUT2D eigenvalue weighted by Crippen LogP contribution is 2.19. The Balaban J connectivity index is 2.39. The van der Waals surface area contributed by atoms with Crippen molar-refractivity contribution in [1.29, 1.82) is 0 Å². The Morgan fingerprint density at radius 1 is 1.38 bits per heavy atom. The number of aromatic nitrogens is 1. The summed E-state index contributed by atoms with van der Waals surface area (Å²) in [5.74, 6) is 0.0432. The third-order valence-corrected chi connectivity index (χ3v) is 2.02. The van der Waals surface area contributed by atoms with Gasteiger partial charge in [-0.25, -0.2) is 0 Å². The quantitative estimate of drug-likeness (QED) is 0.867. The second kappa shape index (κ2) is 5.16. The molecule has 0 aromatic carbocycles. The van der Waals surface area contributed by atoms with E-state index in [0.717, 1.165) is 0 Å². The van der Waals surface area contributed by atoms with E-state index in [0.29, 0.717) is 12.2 Å². The Morgan fingerprint density at radius 3 is 2.56 bits per heavy atom. The number of nitrogens with zero attached hydrogens (tertiary/aromatic N) is 2. The highest BCUT2D eigenvalue weighted by atomic mass is 19.4. The van der Waals surface area contributed by atoms with E-state index in [4.69, 9.17) is 5.11 Å². The second-order valence-corrected chi connectivity index (χ2v) is 3.61. The van der Waals surface area contributed by atoms with Crippen molar-refractivity contribution in [3.05, 3.63) is 24.0 Å². The third-order valence-electron chi connectivity index (χ3n) is 2.02. The molecule has 0 aliphatic rings. The summed E-state index contributed by atoms with van der Waals surface area (Å²) in [5, 5.41) is 8.98. The van der Waals surface area contributed by atoms with Gasteiger partial charge in [0.1, 0.15) is 5.75 Å². The maximum absolute atomic E-state index is 11.9.